The first-order valence-corrected chi connectivity index (χ1v) is 3.53. The third-order valence-corrected chi connectivity index (χ3v) is 1.51. The molecule has 0 atom stereocenters. The zero-order valence-electron chi connectivity index (χ0n) is 6.79. The number of halogens is 1. The first-order chi connectivity index (χ1) is 6.15. The first-order valence-electron chi connectivity index (χ1n) is 3.53. The maximum atomic E-state index is 11.7. The highest BCUT2D eigenvalue weighted by molar-refractivity contribution is 5.98. The maximum Gasteiger partial charge on any atom is 0.250 e. The van der Waals surface area contributed by atoms with Crippen molar-refractivity contribution < 1.29 is 13.9 Å². The zero-order chi connectivity index (χ0) is 9.84. The number of nitrogen functional groups attached to an aromatic ring is 1. The van der Waals surface area contributed by atoms with Crippen LogP contribution >= 0.6 is 0 Å². The van der Waals surface area contributed by atoms with Gasteiger partial charge >= 0.3 is 0 Å². The van der Waals surface area contributed by atoms with Gasteiger partial charge in [-0.05, 0) is 18.2 Å². The number of hydrogen-bond acceptors (Lipinski definition) is 3. The molecule has 0 saturated heterocycles. The van der Waals surface area contributed by atoms with E-state index >= 15 is 0 Å². The lowest BCUT2D eigenvalue weighted by atomic mass is 10.1. The van der Waals surface area contributed by atoms with Crippen LogP contribution in [0.4, 0.5) is 10.1 Å². The fourth-order valence-corrected chi connectivity index (χ4v) is 0.902. The summed E-state index contributed by atoms with van der Waals surface area (Å²) in [5.41, 5.74) is 10.8. The molecule has 0 bridgehead atoms. The molecule has 0 heterocycles. The van der Waals surface area contributed by atoms with E-state index in [1.54, 1.807) is 0 Å². The lowest BCUT2D eigenvalue weighted by Gasteiger charge is -2.04. The number of nitrogens with two attached hydrogens (primary N) is 2. The minimum Gasteiger partial charge on any atom is -0.463 e. The fraction of sp³-hybridized carbons (Fsp3) is 0.125. The predicted octanol–water partition coefficient (Wildman–Crippen LogP) is 0.674. The fourth-order valence-electron chi connectivity index (χ4n) is 0.902. The Balaban J connectivity index is 3.04. The van der Waals surface area contributed by atoms with Crippen LogP contribution < -0.4 is 16.2 Å². The van der Waals surface area contributed by atoms with Crippen molar-refractivity contribution >= 4 is 11.6 Å². The molecule has 0 radical (unpaired) electrons. The normalized spacial score (nSPS) is 9.62. The number of ether oxygens (including phenoxy) is 1. The van der Waals surface area contributed by atoms with E-state index in [-0.39, 0.29) is 17.0 Å². The third kappa shape index (κ3) is 2.08. The molecule has 0 aliphatic carbocycles. The number of primary amides is 1. The van der Waals surface area contributed by atoms with Gasteiger partial charge in [0.05, 0.1) is 5.56 Å². The van der Waals surface area contributed by atoms with Gasteiger partial charge in [0.15, 0.2) is 0 Å². The summed E-state index contributed by atoms with van der Waals surface area (Å²) in [5.74, 6) is -0.438. The lowest BCUT2D eigenvalue weighted by molar-refractivity contribution is 0.1000. The standard InChI is InChI=1S/C8H9FN2O2/c9-4-13-5-1-2-7(10)6(3-5)8(11)12/h1-3H,4,10H2,(H2,11,12). The van der Waals surface area contributed by atoms with Crippen LogP contribution in [0.3, 0.4) is 0 Å². The van der Waals surface area contributed by atoms with E-state index in [0.29, 0.717) is 0 Å². The van der Waals surface area contributed by atoms with Crippen molar-refractivity contribution in [2.75, 3.05) is 12.6 Å². The van der Waals surface area contributed by atoms with Crippen LogP contribution in [0.2, 0.25) is 0 Å². The largest absolute Gasteiger partial charge is 0.463 e. The van der Waals surface area contributed by atoms with E-state index in [1.807, 2.05) is 0 Å². The van der Waals surface area contributed by atoms with Crippen molar-refractivity contribution in [3.05, 3.63) is 23.8 Å². The van der Waals surface area contributed by atoms with Gasteiger partial charge in [0, 0.05) is 5.69 Å². The van der Waals surface area contributed by atoms with E-state index < -0.39 is 12.8 Å². The summed E-state index contributed by atoms with van der Waals surface area (Å²) < 4.78 is 16.3. The lowest BCUT2D eigenvalue weighted by Crippen LogP contribution is -2.13. The SMILES string of the molecule is NC(=O)c1cc(OCF)ccc1N. The molecular weight excluding hydrogens is 175 g/mol. The number of carbonyl (C=O) groups excluding carboxylic acids is 1. The number of benzene rings is 1. The summed E-state index contributed by atoms with van der Waals surface area (Å²) in [4.78, 5) is 10.8. The predicted molar refractivity (Wildman–Crippen MR) is 46.0 cm³/mol. The Bertz CT molecular complexity index is 328. The molecule has 1 amide bonds. The molecule has 4 nitrogen and oxygen atoms in total. The van der Waals surface area contributed by atoms with Crippen molar-refractivity contribution in [2.45, 2.75) is 0 Å². The van der Waals surface area contributed by atoms with E-state index in [0.717, 1.165) is 0 Å². The van der Waals surface area contributed by atoms with E-state index in [1.165, 1.54) is 18.2 Å². The molecule has 0 aromatic heterocycles. The number of anilines is 1. The Morgan fingerprint density at radius 2 is 2.23 bits per heavy atom. The van der Waals surface area contributed by atoms with Crippen LogP contribution in [0.15, 0.2) is 18.2 Å². The van der Waals surface area contributed by atoms with Crippen LogP contribution in [-0.2, 0) is 0 Å². The van der Waals surface area contributed by atoms with Crippen LogP contribution in [0.5, 0.6) is 5.75 Å². The molecule has 4 N–H and O–H groups in total. The topological polar surface area (TPSA) is 78.3 Å². The average molecular weight is 184 g/mol. The molecule has 0 aliphatic heterocycles. The second kappa shape index (κ2) is 3.75. The zero-order valence-corrected chi connectivity index (χ0v) is 6.79. The van der Waals surface area contributed by atoms with Gasteiger partial charge in [-0.3, -0.25) is 4.79 Å². The highest BCUT2D eigenvalue weighted by Gasteiger charge is 2.06. The first kappa shape index (κ1) is 9.31. The van der Waals surface area contributed by atoms with Crippen LogP contribution in [0.1, 0.15) is 10.4 Å². The second-order valence-corrected chi connectivity index (χ2v) is 2.37. The van der Waals surface area contributed by atoms with Crippen LogP contribution in [0.25, 0.3) is 0 Å². The molecule has 5 heteroatoms. The molecule has 0 unspecified atom stereocenters. The average Bonchev–Trinajstić information content (AvgIpc) is 2.08. The molecule has 0 spiro atoms. The molecule has 1 rings (SSSR count). The Morgan fingerprint density at radius 1 is 1.54 bits per heavy atom. The van der Waals surface area contributed by atoms with Gasteiger partial charge in [0.1, 0.15) is 5.75 Å². The number of alkyl halides is 1. The summed E-state index contributed by atoms with van der Waals surface area (Å²) in [7, 11) is 0. The molecule has 0 fully saturated rings. The molecular formula is C8H9FN2O2. The monoisotopic (exact) mass is 184 g/mol. The van der Waals surface area contributed by atoms with E-state index in [9.17, 15) is 9.18 Å². The third-order valence-electron chi connectivity index (χ3n) is 1.51. The van der Waals surface area contributed by atoms with Crippen molar-refractivity contribution in [1.82, 2.24) is 0 Å². The van der Waals surface area contributed by atoms with Gasteiger partial charge in [0.25, 0.3) is 5.91 Å². The minimum atomic E-state index is -0.956. The van der Waals surface area contributed by atoms with E-state index in [2.05, 4.69) is 4.74 Å². The number of amides is 1. The van der Waals surface area contributed by atoms with Crippen LogP contribution in [0, 0.1) is 0 Å². The summed E-state index contributed by atoms with van der Waals surface area (Å²) in [5, 5.41) is 0. The number of rotatable bonds is 3. The van der Waals surface area contributed by atoms with Crippen molar-refractivity contribution in [1.29, 1.82) is 0 Å². The Hall–Kier alpha value is -1.78. The van der Waals surface area contributed by atoms with E-state index in [4.69, 9.17) is 11.5 Å². The Labute approximate surface area is 74.3 Å². The van der Waals surface area contributed by atoms with Crippen molar-refractivity contribution in [2.24, 2.45) is 5.73 Å². The highest BCUT2D eigenvalue weighted by atomic mass is 19.1. The molecule has 1 aromatic carbocycles. The molecule has 1 aromatic rings. The summed E-state index contributed by atoms with van der Waals surface area (Å²) in [6.45, 7) is -0.956. The smallest absolute Gasteiger partial charge is 0.250 e. The summed E-state index contributed by atoms with van der Waals surface area (Å²) >= 11 is 0. The Kier molecular flexibility index (Phi) is 2.69. The summed E-state index contributed by atoms with van der Waals surface area (Å²) in [6.07, 6.45) is 0. The van der Waals surface area contributed by atoms with Crippen LogP contribution in [-0.4, -0.2) is 12.8 Å². The number of carbonyl (C=O) groups is 1. The second-order valence-electron chi connectivity index (χ2n) is 2.37. The van der Waals surface area contributed by atoms with Gasteiger partial charge in [-0.1, -0.05) is 0 Å². The maximum absolute atomic E-state index is 11.7. The summed E-state index contributed by atoms with van der Waals surface area (Å²) in [6, 6.07) is 4.20. The number of hydrogen-bond donors (Lipinski definition) is 2. The minimum absolute atomic E-state index is 0.131. The Morgan fingerprint density at radius 3 is 2.77 bits per heavy atom. The quantitative estimate of drug-likeness (QED) is 0.678. The highest BCUT2D eigenvalue weighted by Crippen LogP contribution is 2.19. The van der Waals surface area contributed by atoms with Gasteiger partial charge < -0.3 is 16.2 Å². The van der Waals surface area contributed by atoms with Crippen molar-refractivity contribution in [3.8, 4) is 5.75 Å². The molecule has 0 aliphatic rings. The molecule has 13 heavy (non-hydrogen) atoms. The molecule has 70 valence electrons. The van der Waals surface area contributed by atoms with Gasteiger partial charge in [-0.15, -0.1) is 0 Å². The van der Waals surface area contributed by atoms with Crippen molar-refractivity contribution in [3.63, 3.8) is 0 Å². The van der Waals surface area contributed by atoms with Gasteiger partial charge in [-0.25, -0.2) is 4.39 Å². The van der Waals surface area contributed by atoms with Gasteiger partial charge in [0.2, 0.25) is 6.86 Å². The van der Waals surface area contributed by atoms with Gasteiger partial charge in [-0.2, -0.15) is 0 Å². The molecule has 0 saturated carbocycles.